The van der Waals surface area contributed by atoms with Crippen LogP contribution in [0, 0.1) is 0 Å². The summed E-state index contributed by atoms with van der Waals surface area (Å²) in [7, 11) is 0. The van der Waals surface area contributed by atoms with Crippen molar-refractivity contribution in [2.24, 2.45) is 0 Å². The van der Waals surface area contributed by atoms with Gasteiger partial charge in [-0.3, -0.25) is 4.98 Å². The Hall–Kier alpha value is -2.72. The molecule has 0 fully saturated rings. The zero-order valence-electron chi connectivity index (χ0n) is 12.0. The summed E-state index contributed by atoms with van der Waals surface area (Å²) in [6.07, 6.45) is 3.41. The standard InChI is InChI=1S/C18H16N2O2/c21-12-15-8-9-19-17(10-15)16-6-7-18(20-11-16)22-13-14-4-2-1-3-5-14/h1-11,21H,12-13H2. The van der Waals surface area contributed by atoms with Crippen LogP contribution in [0.25, 0.3) is 11.3 Å². The lowest BCUT2D eigenvalue weighted by Crippen LogP contribution is -1.97. The van der Waals surface area contributed by atoms with Gasteiger partial charge in [0.25, 0.3) is 0 Å². The van der Waals surface area contributed by atoms with Crippen LogP contribution in [-0.2, 0) is 13.2 Å². The largest absolute Gasteiger partial charge is 0.473 e. The van der Waals surface area contributed by atoms with Crippen molar-refractivity contribution in [2.75, 3.05) is 0 Å². The Morgan fingerprint density at radius 2 is 1.77 bits per heavy atom. The molecule has 0 amide bonds. The molecule has 3 aromatic rings. The number of aliphatic hydroxyl groups excluding tert-OH is 1. The highest BCUT2D eigenvalue weighted by atomic mass is 16.5. The summed E-state index contributed by atoms with van der Waals surface area (Å²) in [5, 5.41) is 9.17. The Morgan fingerprint density at radius 3 is 2.50 bits per heavy atom. The van der Waals surface area contributed by atoms with E-state index in [0.29, 0.717) is 12.5 Å². The van der Waals surface area contributed by atoms with Crippen molar-refractivity contribution in [2.45, 2.75) is 13.2 Å². The summed E-state index contributed by atoms with van der Waals surface area (Å²) in [4.78, 5) is 8.59. The first-order valence-electron chi connectivity index (χ1n) is 7.04. The molecule has 1 aromatic carbocycles. The first kappa shape index (κ1) is 14.2. The summed E-state index contributed by atoms with van der Waals surface area (Å²) < 4.78 is 5.66. The Morgan fingerprint density at radius 1 is 0.909 bits per heavy atom. The van der Waals surface area contributed by atoms with Crippen molar-refractivity contribution < 1.29 is 9.84 Å². The molecule has 2 heterocycles. The van der Waals surface area contributed by atoms with Gasteiger partial charge < -0.3 is 9.84 Å². The van der Waals surface area contributed by atoms with E-state index in [-0.39, 0.29) is 6.61 Å². The Kier molecular flexibility index (Phi) is 4.41. The van der Waals surface area contributed by atoms with Crippen molar-refractivity contribution in [3.63, 3.8) is 0 Å². The average molecular weight is 292 g/mol. The molecular weight excluding hydrogens is 276 g/mol. The van der Waals surface area contributed by atoms with E-state index in [1.54, 1.807) is 18.5 Å². The SMILES string of the molecule is OCc1ccnc(-c2ccc(OCc3ccccc3)nc2)c1. The second-order valence-electron chi connectivity index (χ2n) is 4.87. The van der Waals surface area contributed by atoms with Crippen molar-refractivity contribution in [1.82, 2.24) is 9.97 Å². The molecule has 0 atom stereocenters. The Balaban J connectivity index is 1.69. The number of aliphatic hydroxyl groups is 1. The molecule has 110 valence electrons. The number of benzene rings is 1. The first-order chi connectivity index (χ1) is 10.8. The fourth-order valence-electron chi connectivity index (χ4n) is 2.08. The van der Waals surface area contributed by atoms with Gasteiger partial charge in [0.15, 0.2) is 0 Å². The smallest absolute Gasteiger partial charge is 0.213 e. The molecule has 0 saturated heterocycles. The molecule has 0 unspecified atom stereocenters. The van der Waals surface area contributed by atoms with Crippen LogP contribution in [0.1, 0.15) is 11.1 Å². The summed E-state index contributed by atoms with van der Waals surface area (Å²) in [5.74, 6) is 0.575. The zero-order chi connectivity index (χ0) is 15.2. The number of aromatic nitrogens is 2. The van der Waals surface area contributed by atoms with E-state index in [1.807, 2.05) is 48.5 Å². The van der Waals surface area contributed by atoms with E-state index in [4.69, 9.17) is 9.84 Å². The van der Waals surface area contributed by atoms with Gasteiger partial charge in [0, 0.05) is 24.0 Å². The van der Waals surface area contributed by atoms with Crippen LogP contribution >= 0.6 is 0 Å². The van der Waals surface area contributed by atoms with Gasteiger partial charge in [0.1, 0.15) is 6.61 Å². The Labute approximate surface area is 129 Å². The van der Waals surface area contributed by atoms with Gasteiger partial charge in [-0.2, -0.15) is 0 Å². The fraction of sp³-hybridized carbons (Fsp3) is 0.111. The van der Waals surface area contributed by atoms with Gasteiger partial charge in [-0.1, -0.05) is 30.3 Å². The minimum Gasteiger partial charge on any atom is -0.473 e. The maximum Gasteiger partial charge on any atom is 0.213 e. The van der Waals surface area contributed by atoms with Gasteiger partial charge in [-0.05, 0) is 29.3 Å². The van der Waals surface area contributed by atoms with E-state index >= 15 is 0 Å². The highest BCUT2D eigenvalue weighted by Gasteiger charge is 2.03. The number of ether oxygens (including phenoxy) is 1. The third-order valence-corrected chi connectivity index (χ3v) is 3.27. The lowest BCUT2D eigenvalue weighted by atomic mass is 10.1. The summed E-state index contributed by atoms with van der Waals surface area (Å²) in [6, 6.07) is 17.3. The van der Waals surface area contributed by atoms with Crippen LogP contribution < -0.4 is 4.74 Å². The molecule has 1 N–H and O–H groups in total. The minimum absolute atomic E-state index is 0.00121. The minimum atomic E-state index is 0.00121. The molecule has 0 saturated carbocycles. The van der Waals surface area contributed by atoms with Crippen LogP contribution in [-0.4, -0.2) is 15.1 Å². The average Bonchev–Trinajstić information content (AvgIpc) is 2.61. The molecule has 0 spiro atoms. The topological polar surface area (TPSA) is 55.2 Å². The highest BCUT2D eigenvalue weighted by molar-refractivity contribution is 5.58. The van der Waals surface area contributed by atoms with E-state index in [2.05, 4.69) is 9.97 Å². The maximum absolute atomic E-state index is 9.17. The molecule has 0 bridgehead atoms. The van der Waals surface area contributed by atoms with E-state index in [9.17, 15) is 0 Å². The van der Waals surface area contributed by atoms with Gasteiger partial charge in [-0.25, -0.2) is 4.98 Å². The molecule has 0 aliphatic heterocycles. The molecule has 0 radical (unpaired) electrons. The van der Waals surface area contributed by atoms with Crippen LogP contribution in [0.2, 0.25) is 0 Å². The number of hydrogen-bond acceptors (Lipinski definition) is 4. The molecule has 22 heavy (non-hydrogen) atoms. The first-order valence-corrected chi connectivity index (χ1v) is 7.04. The monoisotopic (exact) mass is 292 g/mol. The van der Waals surface area contributed by atoms with Crippen molar-refractivity contribution in [1.29, 1.82) is 0 Å². The predicted molar refractivity (Wildman–Crippen MR) is 84.2 cm³/mol. The predicted octanol–water partition coefficient (Wildman–Crippen LogP) is 3.21. The summed E-state index contributed by atoms with van der Waals surface area (Å²) in [6.45, 7) is 0.493. The van der Waals surface area contributed by atoms with Gasteiger partial charge in [0.2, 0.25) is 5.88 Å². The zero-order valence-corrected chi connectivity index (χ0v) is 12.0. The van der Waals surface area contributed by atoms with Crippen molar-refractivity contribution >= 4 is 0 Å². The Bertz CT molecular complexity index is 728. The third kappa shape index (κ3) is 3.48. The third-order valence-electron chi connectivity index (χ3n) is 3.27. The van der Waals surface area contributed by atoms with Crippen molar-refractivity contribution in [3.05, 3.63) is 78.1 Å². The van der Waals surface area contributed by atoms with E-state index in [0.717, 1.165) is 22.4 Å². The number of rotatable bonds is 5. The second kappa shape index (κ2) is 6.83. The van der Waals surface area contributed by atoms with Crippen LogP contribution in [0.3, 0.4) is 0 Å². The molecule has 3 rings (SSSR count). The molecular formula is C18H16N2O2. The number of pyridine rings is 2. The molecule has 2 aromatic heterocycles. The van der Waals surface area contributed by atoms with Gasteiger partial charge in [0.05, 0.1) is 12.3 Å². The lowest BCUT2D eigenvalue weighted by Gasteiger charge is -2.06. The number of nitrogens with zero attached hydrogens (tertiary/aromatic N) is 2. The maximum atomic E-state index is 9.17. The van der Waals surface area contributed by atoms with Crippen LogP contribution in [0.4, 0.5) is 0 Å². The van der Waals surface area contributed by atoms with Crippen LogP contribution in [0.15, 0.2) is 67.0 Å². The molecule has 0 aliphatic rings. The van der Waals surface area contributed by atoms with Gasteiger partial charge in [-0.15, -0.1) is 0 Å². The second-order valence-corrected chi connectivity index (χ2v) is 4.87. The highest BCUT2D eigenvalue weighted by Crippen LogP contribution is 2.19. The van der Waals surface area contributed by atoms with E-state index in [1.165, 1.54) is 0 Å². The molecule has 0 aliphatic carbocycles. The summed E-state index contributed by atoms with van der Waals surface area (Å²) in [5.41, 5.74) is 3.61. The van der Waals surface area contributed by atoms with E-state index < -0.39 is 0 Å². The van der Waals surface area contributed by atoms with Crippen LogP contribution in [0.5, 0.6) is 5.88 Å². The lowest BCUT2D eigenvalue weighted by molar-refractivity contribution is 0.282. The molecule has 4 heteroatoms. The molecule has 4 nitrogen and oxygen atoms in total. The normalized spacial score (nSPS) is 10.4. The van der Waals surface area contributed by atoms with Crippen molar-refractivity contribution in [3.8, 4) is 17.1 Å². The quantitative estimate of drug-likeness (QED) is 0.784. The van der Waals surface area contributed by atoms with Gasteiger partial charge >= 0.3 is 0 Å². The fourth-order valence-corrected chi connectivity index (χ4v) is 2.08. The number of hydrogen-bond donors (Lipinski definition) is 1. The summed E-state index contributed by atoms with van der Waals surface area (Å²) >= 11 is 0.